The van der Waals surface area contributed by atoms with Gasteiger partial charge in [0.25, 0.3) is 5.91 Å². The Kier molecular flexibility index (Phi) is 8.59. The van der Waals surface area contributed by atoms with E-state index in [2.05, 4.69) is 25.6 Å². The average Bonchev–Trinajstić information content (AvgIpc) is 3.39. The number of β-amino-alcohol motifs (C(OH)–C–C–N with tert-alkyl or cyclic N) is 1. The molecule has 1 atom stereocenters. The molecule has 3 aromatic carbocycles. The molecule has 0 aliphatic carbocycles. The summed E-state index contributed by atoms with van der Waals surface area (Å²) >= 11 is 0. The lowest BCUT2D eigenvalue weighted by Crippen LogP contribution is -2.48. The van der Waals surface area contributed by atoms with Gasteiger partial charge in [0.05, 0.1) is 0 Å². The van der Waals surface area contributed by atoms with E-state index in [1.54, 1.807) is 36.4 Å². The van der Waals surface area contributed by atoms with Crippen molar-refractivity contribution < 1.29 is 28.2 Å². The van der Waals surface area contributed by atoms with E-state index in [1.807, 2.05) is 30.3 Å². The number of fused-ring (bicyclic) bond motifs is 1. The Morgan fingerprint density at radius 2 is 1.70 bits per heavy atom. The van der Waals surface area contributed by atoms with Crippen molar-refractivity contribution in [2.45, 2.75) is 19.3 Å². The van der Waals surface area contributed by atoms with Gasteiger partial charge >= 0.3 is 6.61 Å². The van der Waals surface area contributed by atoms with Crippen molar-refractivity contribution in [1.82, 2.24) is 14.8 Å². The number of H-pyrrole nitrogens is 1. The normalized spacial score (nSPS) is 15.4. The van der Waals surface area contributed by atoms with Crippen molar-refractivity contribution >= 4 is 16.8 Å². The first-order valence-electron chi connectivity index (χ1n) is 13.2. The zero-order valence-electron chi connectivity index (χ0n) is 21.9. The van der Waals surface area contributed by atoms with E-state index in [0.717, 1.165) is 60.3 Å². The summed E-state index contributed by atoms with van der Waals surface area (Å²) in [6.07, 6.45) is -0.672. The van der Waals surface area contributed by atoms with Gasteiger partial charge in [-0.2, -0.15) is 8.78 Å². The highest BCUT2D eigenvalue weighted by Crippen LogP contribution is 2.28. The summed E-state index contributed by atoms with van der Waals surface area (Å²) in [6, 6.07) is 21.9. The minimum absolute atomic E-state index is 0.130. The predicted octanol–water partition coefficient (Wildman–Crippen LogP) is 4.09. The number of primary amides is 1. The van der Waals surface area contributed by atoms with Crippen LogP contribution in [-0.4, -0.2) is 77.8 Å². The number of carbonyl (C=O) groups excluding carboxylic acids is 1. The Labute approximate surface area is 230 Å². The SMILES string of the molecule is NC(=O)c1cc2c(OCC(O)CN3CCN(Cc4ccccc4-c4ccc(OC(F)F)cc4)CC3)cccc2[nH]1. The van der Waals surface area contributed by atoms with Crippen LogP contribution in [0.5, 0.6) is 11.5 Å². The summed E-state index contributed by atoms with van der Waals surface area (Å²) in [5.41, 5.74) is 9.59. The Morgan fingerprint density at radius 1 is 0.975 bits per heavy atom. The highest BCUT2D eigenvalue weighted by atomic mass is 19.3. The molecule has 0 saturated carbocycles. The molecule has 1 aromatic heterocycles. The van der Waals surface area contributed by atoms with E-state index in [9.17, 15) is 18.7 Å². The van der Waals surface area contributed by atoms with Crippen molar-refractivity contribution in [3.8, 4) is 22.6 Å². The second-order valence-corrected chi connectivity index (χ2v) is 9.87. The van der Waals surface area contributed by atoms with Crippen LogP contribution >= 0.6 is 0 Å². The minimum atomic E-state index is -2.84. The summed E-state index contributed by atoms with van der Waals surface area (Å²) in [5, 5.41) is 11.4. The molecule has 10 heteroatoms. The number of ether oxygens (including phenoxy) is 2. The third kappa shape index (κ3) is 6.77. The maximum absolute atomic E-state index is 12.5. The molecule has 4 aromatic rings. The molecule has 1 fully saturated rings. The topological polar surface area (TPSA) is 104 Å². The van der Waals surface area contributed by atoms with Gasteiger partial charge in [-0.3, -0.25) is 14.6 Å². The molecule has 210 valence electrons. The van der Waals surface area contributed by atoms with E-state index < -0.39 is 18.6 Å². The third-order valence-electron chi connectivity index (χ3n) is 7.06. The molecule has 5 rings (SSSR count). The van der Waals surface area contributed by atoms with Gasteiger partial charge in [0.1, 0.15) is 29.9 Å². The first kappa shape index (κ1) is 27.6. The molecule has 2 heterocycles. The predicted molar refractivity (Wildman–Crippen MR) is 149 cm³/mol. The third-order valence-corrected chi connectivity index (χ3v) is 7.06. The lowest BCUT2D eigenvalue weighted by molar-refractivity contribution is -0.0498. The molecule has 1 unspecified atom stereocenters. The Morgan fingerprint density at radius 3 is 2.42 bits per heavy atom. The maximum atomic E-state index is 12.5. The van der Waals surface area contributed by atoms with Crippen molar-refractivity contribution in [1.29, 1.82) is 0 Å². The fourth-order valence-corrected chi connectivity index (χ4v) is 5.05. The molecule has 40 heavy (non-hydrogen) atoms. The van der Waals surface area contributed by atoms with Crippen LogP contribution in [0, 0.1) is 0 Å². The van der Waals surface area contributed by atoms with Gasteiger partial charge in [-0.25, -0.2) is 0 Å². The number of rotatable bonds is 11. The standard InChI is InChI=1S/C30H32F2N4O4/c31-30(32)40-23-10-8-20(9-11-23)24-5-2-1-4-21(24)17-35-12-14-36(15-13-35)18-22(37)19-39-28-7-3-6-26-25(28)16-27(34-26)29(33)38/h1-11,16,22,30,34,37H,12-15,17-19H2,(H2,33,38). The zero-order chi connectivity index (χ0) is 28.1. The zero-order valence-corrected chi connectivity index (χ0v) is 21.9. The van der Waals surface area contributed by atoms with E-state index in [-0.39, 0.29) is 12.4 Å². The van der Waals surface area contributed by atoms with Crippen LogP contribution in [0.3, 0.4) is 0 Å². The number of nitrogens with zero attached hydrogens (tertiary/aromatic N) is 2. The number of halogens is 2. The Bertz CT molecular complexity index is 1440. The minimum Gasteiger partial charge on any atom is -0.490 e. The summed E-state index contributed by atoms with van der Waals surface area (Å²) in [4.78, 5) is 19.1. The van der Waals surface area contributed by atoms with Crippen molar-refractivity contribution in [3.05, 3.63) is 84.1 Å². The summed E-state index contributed by atoms with van der Waals surface area (Å²) < 4.78 is 35.3. The van der Waals surface area contributed by atoms with Gasteiger partial charge in [0, 0.05) is 50.2 Å². The molecule has 1 amide bonds. The van der Waals surface area contributed by atoms with E-state index in [4.69, 9.17) is 10.5 Å². The Hall–Kier alpha value is -3.99. The van der Waals surface area contributed by atoms with Gasteiger partial charge in [-0.05, 0) is 47.0 Å². The molecule has 0 radical (unpaired) electrons. The lowest BCUT2D eigenvalue weighted by atomic mass is 9.99. The van der Waals surface area contributed by atoms with Crippen LogP contribution in [0.4, 0.5) is 8.78 Å². The number of aromatic nitrogens is 1. The number of alkyl halides is 2. The van der Waals surface area contributed by atoms with Crippen LogP contribution in [0.25, 0.3) is 22.0 Å². The van der Waals surface area contributed by atoms with E-state index in [1.165, 1.54) is 0 Å². The molecular formula is C30H32F2N4O4. The summed E-state index contributed by atoms with van der Waals surface area (Å²) in [5.74, 6) is 0.180. The number of nitrogens with two attached hydrogens (primary N) is 1. The number of nitrogens with one attached hydrogen (secondary N) is 1. The number of amides is 1. The fourth-order valence-electron chi connectivity index (χ4n) is 5.05. The van der Waals surface area contributed by atoms with Crippen LogP contribution in [0.15, 0.2) is 72.8 Å². The van der Waals surface area contributed by atoms with Crippen LogP contribution in [0.2, 0.25) is 0 Å². The van der Waals surface area contributed by atoms with Gasteiger partial charge < -0.3 is 25.3 Å². The Balaban J connectivity index is 1.12. The number of hydrogen-bond donors (Lipinski definition) is 3. The summed E-state index contributed by atoms with van der Waals surface area (Å²) in [7, 11) is 0. The maximum Gasteiger partial charge on any atom is 0.387 e. The van der Waals surface area contributed by atoms with Gasteiger partial charge in [-0.15, -0.1) is 0 Å². The molecular weight excluding hydrogens is 518 g/mol. The molecule has 1 aliphatic rings. The molecule has 1 saturated heterocycles. The second-order valence-electron chi connectivity index (χ2n) is 9.87. The molecule has 0 bridgehead atoms. The molecule has 1 aliphatic heterocycles. The second kappa shape index (κ2) is 12.5. The number of carbonyl (C=O) groups is 1. The smallest absolute Gasteiger partial charge is 0.387 e. The first-order valence-corrected chi connectivity index (χ1v) is 13.2. The molecule has 0 spiro atoms. The quantitative estimate of drug-likeness (QED) is 0.260. The largest absolute Gasteiger partial charge is 0.490 e. The van der Waals surface area contributed by atoms with Crippen LogP contribution in [0.1, 0.15) is 16.1 Å². The van der Waals surface area contributed by atoms with E-state index >= 15 is 0 Å². The number of benzene rings is 3. The fraction of sp³-hybridized carbons (Fsp3) is 0.300. The van der Waals surface area contributed by atoms with Crippen molar-refractivity contribution in [2.24, 2.45) is 5.73 Å². The lowest BCUT2D eigenvalue weighted by Gasteiger charge is -2.35. The first-order chi connectivity index (χ1) is 19.4. The van der Waals surface area contributed by atoms with Gasteiger partial charge in [-0.1, -0.05) is 42.5 Å². The average molecular weight is 551 g/mol. The molecule has 8 nitrogen and oxygen atoms in total. The van der Waals surface area contributed by atoms with Crippen molar-refractivity contribution in [2.75, 3.05) is 39.3 Å². The van der Waals surface area contributed by atoms with Crippen LogP contribution < -0.4 is 15.2 Å². The number of piperazine rings is 1. The van der Waals surface area contributed by atoms with Crippen molar-refractivity contribution in [3.63, 3.8) is 0 Å². The van der Waals surface area contributed by atoms with Gasteiger partial charge in [0.2, 0.25) is 0 Å². The number of hydrogen-bond acceptors (Lipinski definition) is 6. The van der Waals surface area contributed by atoms with Crippen LogP contribution in [-0.2, 0) is 6.54 Å². The highest BCUT2D eigenvalue weighted by Gasteiger charge is 2.21. The monoisotopic (exact) mass is 550 g/mol. The summed E-state index contributed by atoms with van der Waals surface area (Å²) in [6.45, 7) is 1.87. The number of aliphatic hydroxyl groups excluding tert-OH is 1. The van der Waals surface area contributed by atoms with E-state index in [0.29, 0.717) is 18.0 Å². The number of aliphatic hydroxyl groups is 1. The van der Waals surface area contributed by atoms with Gasteiger partial charge in [0.15, 0.2) is 0 Å². The number of aromatic amines is 1. The highest BCUT2D eigenvalue weighted by molar-refractivity contribution is 5.98. The molecule has 4 N–H and O–H groups in total.